The summed E-state index contributed by atoms with van der Waals surface area (Å²) in [4.78, 5) is 22.5. The molecule has 0 bridgehead atoms. The van der Waals surface area contributed by atoms with Gasteiger partial charge in [-0.15, -0.1) is 0 Å². The fraction of sp³-hybridized carbons (Fsp3) is 0.950. The highest BCUT2D eigenvalue weighted by Crippen LogP contribution is 2.32. The van der Waals surface area contributed by atoms with Gasteiger partial charge in [0.2, 0.25) is 0 Å². The fourth-order valence-electron chi connectivity index (χ4n) is 5.38. The summed E-state index contributed by atoms with van der Waals surface area (Å²) in [6, 6.07) is 1.14. The Hall–Kier alpha value is -0.850. The predicted molar refractivity (Wildman–Crippen MR) is 102 cm³/mol. The Bertz CT molecular complexity index is 492. The monoisotopic (exact) mass is 364 g/mol. The number of carbonyl (C=O) groups excluding carboxylic acids is 1. The Morgan fingerprint density at radius 2 is 1.38 bits per heavy atom. The van der Waals surface area contributed by atoms with E-state index in [4.69, 9.17) is 4.74 Å². The molecule has 0 unspecified atom stereocenters. The molecule has 0 aliphatic carbocycles. The second-order valence-electron chi connectivity index (χ2n) is 9.03. The molecular weight excluding hydrogens is 328 g/mol. The van der Waals surface area contributed by atoms with Crippen LogP contribution < -0.4 is 0 Å². The van der Waals surface area contributed by atoms with E-state index < -0.39 is 0 Å². The number of urea groups is 1. The largest absolute Gasteiger partial charge is 0.381 e. The van der Waals surface area contributed by atoms with Crippen LogP contribution in [0.4, 0.5) is 4.79 Å². The van der Waals surface area contributed by atoms with Crippen LogP contribution in [-0.2, 0) is 4.74 Å². The number of piperidine rings is 2. The molecule has 0 N–H and O–H groups in total. The summed E-state index contributed by atoms with van der Waals surface area (Å²) < 4.78 is 5.46. The Morgan fingerprint density at radius 1 is 0.846 bits per heavy atom. The molecule has 0 saturated carbocycles. The normalized spacial score (nSPS) is 30.3. The first-order chi connectivity index (χ1) is 12.6. The van der Waals surface area contributed by atoms with Crippen molar-refractivity contribution in [3.05, 3.63) is 0 Å². The number of rotatable bonds is 3. The molecule has 6 nitrogen and oxygen atoms in total. The quantitative estimate of drug-likeness (QED) is 0.766. The minimum Gasteiger partial charge on any atom is -0.381 e. The lowest BCUT2D eigenvalue weighted by Gasteiger charge is -2.49. The van der Waals surface area contributed by atoms with E-state index in [-0.39, 0.29) is 0 Å². The number of ether oxygens (including phenoxy) is 1. The van der Waals surface area contributed by atoms with E-state index in [1.807, 2.05) is 0 Å². The number of hydrogen-bond donors (Lipinski definition) is 0. The van der Waals surface area contributed by atoms with Gasteiger partial charge in [0.05, 0.1) is 0 Å². The highest BCUT2D eigenvalue weighted by molar-refractivity contribution is 5.77. The van der Waals surface area contributed by atoms with E-state index in [9.17, 15) is 4.79 Å². The predicted octanol–water partition coefficient (Wildman–Crippen LogP) is 1.85. The number of hydrogen-bond acceptors (Lipinski definition) is 4. The van der Waals surface area contributed by atoms with Crippen LogP contribution in [0.5, 0.6) is 0 Å². The molecule has 26 heavy (non-hydrogen) atoms. The average molecular weight is 365 g/mol. The summed E-state index contributed by atoms with van der Waals surface area (Å²) in [6.45, 7) is 10.6. The van der Waals surface area contributed by atoms with E-state index in [0.717, 1.165) is 65.1 Å². The van der Waals surface area contributed by atoms with E-state index in [1.165, 1.54) is 25.9 Å². The summed E-state index contributed by atoms with van der Waals surface area (Å²) >= 11 is 0. The molecule has 0 aromatic carbocycles. The van der Waals surface area contributed by atoms with Crippen LogP contribution in [0.1, 0.15) is 45.4 Å². The van der Waals surface area contributed by atoms with Gasteiger partial charge >= 0.3 is 6.03 Å². The maximum absolute atomic E-state index is 13.0. The molecule has 2 amide bonds. The number of nitrogens with zero attached hydrogens (tertiary/aromatic N) is 4. The van der Waals surface area contributed by atoms with Crippen molar-refractivity contribution < 1.29 is 9.53 Å². The van der Waals surface area contributed by atoms with Gasteiger partial charge < -0.3 is 19.4 Å². The third kappa shape index (κ3) is 3.60. The summed E-state index contributed by atoms with van der Waals surface area (Å²) in [7, 11) is 2.23. The van der Waals surface area contributed by atoms with Crippen molar-refractivity contribution in [2.45, 2.75) is 63.1 Å². The minimum absolute atomic E-state index is 0.292. The number of carbonyl (C=O) groups is 1. The zero-order chi connectivity index (χ0) is 18.1. The van der Waals surface area contributed by atoms with Crippen LogP contribution in [-0.4, -0.2) is 103 Å². The zero-order valence-corrected chi connectivity index (χ0v) is 16.7. The Morgan fingerprint density at radius 3 is 1.96 bits per heavy atom. The van der Waals surface area contributed by atoms with Gasteiger partial charge in [0.15, 0.2) is 0 Å². The van der Waals surface area contributed by atoms with Gasteiger partial charge in [-0.05, 0) is 65.6 Å². The van der Waals surface area contributed by atoms with Gasteiger partial charge in [0, 0.05) is 57.0 Å². The molecule has 0 aromatic rings. The lowest BCUT2D eigenvalue weighted by atomic mass is 9.85. The van der Waals surface area contributed by atoms with Gasteiger partial charge in [-0.1, -0.05) is 0 Å². The van der Waals surface area contributed by atoms with Crippen LogP contribution in [0.25, 0.3) is 0 Å². The molecule has 4 heterocycles. The lowest BCUT2D eigenvalue weighted by Crippen LogP contribution is -2.57. The van der Waals surface area contributed by atoms with E-state index >= 15 is 0 Å². The summed E-state index contributed by atoms with van der Waals surface area (Å²) in [6.07, 6.45) is 6.83. The smallest absolute Gasteiger partial charge is 0.320 e. The second-order valence-corrected chi connectivity index (χ2v) is 9.03. The SMILES string of the molecule is CN1CCC(C)(N2CCC(N3CCN(C4CCOCC4)C3=O)CC2)CC1. The molecule has 0 aromatic heterocycles. The molecule has 4 aliphatic rings. The molecule has 6 heteroatoms. The van der Waals surface area contributed by atoms with Gasteiger partial charge in [-0.3, -0.25) is 4.90 Å². The highest BCUT2D eigenvalue weighted by atomic mass is 16.5. The first-order valence-electron chi connectivity index (χ1n) is 10.7. The minimum atomic E-state index is 0.292. The summed E-state index contributed by atoms with van der Waals surface area (Å²) in [5.41, 5.74) is 0.362. The maximum Gasteiger partial charge on any atom is 0.320 e. The lowest BCUT2D eigenvalue weighted by molar-refractivity contribution is 0.0110. The third-order valence-electron chi connectivity index (χ3n) is 7.44. The van der Waals surface area contributed by atoms with Crippen molar-refractivity contribution >= 4 is 6.03 Å². The van der Waals surface area contributed by atoms with Crippen LogP contribution in [0.2, 0.25) is 0 Å². The first kappa shape index (κ1) is 18.5. The zero-order valence-electron chi connectivity index (χ0n) is 16.7. The van der Waals surface area contributed by atoms with Crippen molar-refractivity contribution in [1.82, 2.24) is 19.6 Å². The molecule has 4 rings (SSSR count). The Labute approximate surface area is 158 Å². The molecule has 4 saturated heterocycles. The topological polar surface area (TPSA) is 39.3 Å². The molecule has 0 atom stereocenters. The highest BCUT2D eigenvalue weighted by Gasteiger charge is 2.41. The first-order valence-corrected chi connectivity index (χ1v) is 10.7. The second kappa shape index (κ2) is 7.64. The van der Waals surface area contributed by atoms with Crippen molar-refractivity contribution in [3.8, 4) is 0 Å². The van der Waals surface area contributed by atoms with Crippen LogP contribution in [0, 0.1) is 0 Å². The Balaban J connectivity index is 1.30. The van der Waals surface area contributed by atoms with Crippen molar-refractivity contribution in [3.63, 3.8) is 0 Å². The van der Waals surface area contributed by atoms with Gasteiger partial charge in [-0.25, -0.2) is 4.79 Å². The summed E-state index contributed by atoms with van der Waals surface area (Å²) in [5.74, 6) is 0. The summed E-state index contributed by atoms with van der Waals surface area (Å²) in [5, 5.41) is 0. The third-order valence-corrected chi connectivity index (χ3v) is 7.44. The fourth-order valence-corrected chi connectivity index (χ4v) is 5.38. The molecule has 4 fully saturated rings. The van der Waals surface area contributed by atoms with Crippen LogP contribution in [0.3, 0.4) is 0 Å². The van der Waals surface area contributed by atoms with E-state index in [0.29, 0.717) is 23.7 Å². The molecule has 0 spiro atoms. The number of likely N-dealkylation sites (tertiary alicyclic amines) is 2. The van der Waals surface area contributed by atoms with Gasteiger partial charge in [-0.2, -0.15) is 0 Å². The average Bonchev–Trinajstić information content (AvgIpc) is 3.06. The Kier molecular flexibility index (Phi) is 5.44. The van der Waals surface area contributed by atoms with E-state index in [1.54, 1.807) is 0 Å². The molecule has 4 aliphatic heterocycles. The maximum atomic E-state index is 13.0. The molecule has 148 valence electrons. The van der Waals surface area contributed by atoms with Crippen molar-refractivity contribution in [1.29, 1.82) is 0 Å². The molecule has 0 radical (unpaired) electrons. The van der Waals surface area contributed by atoms with Crippen molar-refractivity contribution in [2.24, 2.45) is 0 Å². The van der Waals surface area contributed by atoms with E-state index in [2.05, 4.69) is 33.6 Å². The van der Waals surface area contributed by atoms with Crippen LogP contribution >= 0.6 is 0 Å². The number of amides is 2. The standard InChI is InChI=1S/C20H36N4O2/c1-20(7-11-21(2)12-8-20)22-9-3-17(4-10-22)23-13-14-24(19(23)25)18-5-15-26-16-6-18/h17-18H,3-16H2,1-2H3. The molecular formula is C20H36N4O2. The van der Waals surface area contributed by atoms with Crippen LogP contribution in [0.15, 0.2) is 0 Å². The van der Waals surface area contributed by atoms with Crippen molar-refractivity contribution in [2.75, 3.05) is 59.5 Å². The van der Waals surface area contributed by atoms with Gasteiger partial charge in [0.25, 0.3) is 0 Å². The van der Waals surface area contributed by atoms with Gasteiger partial charge in [0.1, 0.15) is 0 Å².